The summed E-state index contributed by atoms with van der Waals surface area (Å²) in [5.41, 5.74) is 1.14. The van der Waals surface area contributed by atoms with Crippen molar-refractivity contribution in [1.29, 1.82) is 0 Å². The van der Waals surface area contributed by atoms with Crippen molar-refractivity contribution in [2.24, 2.45) is 5.92 Å². The van der Waals surface area contributed by atoms with Gasteiger partial charge in [-0.15, -0.1) is 0 Å². The highest BCUT2D eigenvalue weighted by Gasteiger charge is 1.95. The van der Waals surface area contributed by atoms with Gasteiger partial charge in [0, 0.05) is 0 Å². The van der Waals surface area contributed by atoms with Crippen molar-refractivity contribution in [1.82, 2.24) is 0 Å². The van der Waals surface area contributed by atoms with Gasteiger partial charge in [-0.05, 0) is 11.5 Å². The summed E-state index contributed by atoms with van der Waals surface area (Å²) in [5.74, 6) is 0.502. The minimum absolute atomic E-state index is 0.502. The van der Waals surface area contributed by atoms with Gasteiger partial charge in [-0.25, -0.2) is 0 Å². The van der Waals surface area contributed by atoms with Gasteiger partial charge in [0.05, 0.1) is 13.4 Å². The van der Waals surface area contributed by atoms with E-state index in [0.717, 1.165) is 5.57 Å². The van der Waals surface area contributed by atoms with Crippen LogP contribution in [0.15, 0.2) is 24.5 Å². The molecule has 0 bridgehead atoms. The smallest absolute Gasteiger partial charge is 0.0858 e. The first-order valence-electron chi connectivity index (χ1n) is 3.07. The van der Waals surface area contributed by atoms with Gasteiger partial charge in [-0.1, -0.05) is 26.5 Å². The zero-order valence-electron chi connectivity index (χ0n) is 6.35. The normalized spacial score (nSPS) is 11.8. The molecule has 0 aliphatic heterocycles. The van der Waals surface area contributed by atoms with Crippen LogP contribution in [0.4, 0.5) is 0 Å². The van der Waals surface area contributed by atoms with Crippen LogP contribution in [-0.4, -0.2) is 7.11 Å². The molecule has 9 heavy (non-hydrogen) atoms. The lowest BCUT2D eigenvalue weighted by atomic mass is 10.1. The number of allylic oxidation sites excluding steroid dienone is 2. The van der Waals surface area contributed by atoms with E-state index in [-0.39, 0.29) is 0 Å². The molecule has 0 amide bonds. The number of hydrogen-bond donors (Lipinski definition) is 0. The predicted molar refractivity (Wildman–Crippen MR) is 40.1 cm³/mol. The van der Waals surface area contributed by atoms with Gasteiger partial charge in [0.25, 0.3) is 0 Å². The number of hydrogen-bond acceptors (Lipinski definition) is 1. The van der Waals surface area contributed by atoms with Crippen molar-refractivity contribution in [2.45, 2.75) is 13.8 Å². The van der Waals surface area contributed by atoms with Crippen LogP contribution in [0, 0.1) is 5.92 Å². The van der Waals surface area contributed by atoms with E-state index in [1.165, 1.54) is 0 Å². The predicted octanol–water partition coefficient (Wildman–Crippen LogP) is 2.36. The van der Waals surface area contributed by atoms with Gasteiger partial charge < -0.3 is 4.74 Å². The maximum atomic E-state index is 4.82. The van der Waals surface area contributed by atoms with Gasteiger partial charge in [-0.3, -0.25) is 0 Å². The highest BCUT2D eigenvalue weighted by atomic mass is 16.5. The van der Waals surface area contributed by atoms with Crippen LogP contribution in [0.1, 0.15) is 13.8 Å². The lowest BCUT2D eigenvalue weighted by Crippen LogP contribution is -1.89. The Balaban J connectivity index is 3.97. The summed E-state index contributed by atoms with van der Waals surface area (Å²) in [6, 6.07) is 0. The van der Waals surface area contributed by atoms with Crippen LogP contribution in [-0.2, 0) is 4.74 Å². The third-order valence-electron chi connectivity index (χ3n) is 1.16. The first-order valence-corrected chi connectivity index (χ1v) is 3.07. The second kappa shape index (κ2) is 4.19. The average Bonchev–Trinajstić information content (AvgIpc) is 1.82. The zero-order chi connectivity index (χ0) is 7.28. The van der Waals surface area contributed by atoms with Crippen LogP contribution in [0.25, 0.3) is 0 Å². The molecular formula is C8H14O. The van der Waals surface area contributed by atoms with Gasteiger partial charge in [0.1, 0.15) is 0 Å². The van der Waals surface area contributed by atoms with Crippen molar-refractivity contribution in [3.05, 3.63) is 24.5 Å². The summed E-state index contributed by atoms with van der Waals surface area (Å²) in [6.45, 7) is 7.86. The van der Waals surface area contributed by atoms with Gasteiger partial charge in [0.15, 0.2) is 0 Å². The van der Waals surface area contributed by atoms with Crippen molar-refractivity contribution in [3.8, 4) is 0 Å². The van der Waals surface area contributed by atoms with Crippen molar-refractivity contribution < 1.29 is 4.74 Å². The van der Waals surface area contributed by atoms with Crippen molar-refractivity contribution >= 4 is 0 Å². The Labute approximate surface area is 57.0 Å². The van der Waals surface area contributed by atoms with Gasteiger partial charge in [-0.2, -0.15) is 0 Å². The number of methoxy groups -OCH3 is 1. The molecule has 0 radical (unpaired) electrons. The van der Waals surface area contributed by atoms with Crippen LogP contribution < -0.4 is 0 Å². The molecule has 0 N–H and O–H groups in total. The maximum Gasteiger partial charge on any atom is 0.0858 e. The molecule has 0 aromatic heterocycles. The van der Waals surface area contributed by atoms with Crippen molar-refractivity contribution in [3.63, 3.8) is 0 Å². The Bertz CT molecular complexity index is 112. The molecule has 0 aliphatic carbocycles. The van der Waals surface area contributed by atoms with Crippen LogP contribution in [0.5, 0.6) is 0 Å². The second-order valence-corrected chi connectivity index (χ2v) is 2.21. The van der Waals surface area contributed by atoms with Crippen LogP contribution in [0.3, 0.4) is 0 Å². The molecule has 0 heterocycles. The molecule has 52 valence electrons. The SMILES string of the molecule is C=C/C(=C\OC)C(C)C. The molecule has 0 spiro atoms. The first kappa shape index (κ1) is 8.28. The average molecular weight is 126 g/mol. The summed E-state index contributed by atoms with van der Waals surface area (Å²) in [7, 11) is 1.64. The topological polar surface area (TPSA) is 9.23 Å². The summed E-state index contributed by atoms with van der Waals surface area (Å²) in [6.07, 6.45) is 3.53. The van der Waals surface area contributed by atoms with Gasteiger partial charge in [0.2, 0.25) is 0 Å². The molecular weight excluding hydrogens is 112 g/mol. The Hall–Kier alpha value is -0.720. The Kier molecular flexibility index (Phi) is 3.85. The van der Waals surface area contributed by atoms with E-state index in [0.29, 0.717) is 5.92 Å². The standard InChI is InChI=1S/C8H14O/c1-5-8(6-9-4)7(2)3/h5-7H,1H2,2-4H3/b8-6+. The third kappa shape index (κ3) is 2.96. The Morgan fingerprint density at radius 2 is 2.11 bits per heavy atom. The largest absolute Gasteiger partial charge is 0.504 e. The first-order chi connectivity index (χ1) is 4.22. The second-order valence-electron chi connectivity index (χ2n) is 2.21. The van der Waals surface area contributed by atoms with Gasteiger partial charge >= 0.3 is 0 Å². The number of ether oxygens (including phenoxy) is 1. The molecule has 0 unspecified atom stereocenters. The summed E-state index contributed by atoms with van der Waals surface area (Å²) in [5, 5.41) is 0. The minimum Gasteiger partial charge on any atom is -0.504 e. The molecule has 0 aliphatic rings. The molecule has 0 fully saturated rings. The molecule has 0 aromatic carbocycles. The van der Waals surface area contributed by atoms with E-state index in [9.17, 15) is 0 Å². The highest BCUT2D eigenvalue weighted by Crippen LogP contribution is 2.09. The minimum atomic E-state index is 0.502. The fraction of sp³-hybridized carbons (Fsp3) is 0.500. The molecule has 0 saturated carbocycles. The molecule has 1 nitrogen and oxygen atoms in total. The quantitative estimate of drug-likeness (QED) is 0.416. The van der Waals surface area contributed by atoms with E-state index in [4.69, 9.17) is 4.74 Å². The lowest BCUT2D eigenvalue weighted by Gasteiger charge is -2.03. The maximum absolute atomic E-state index is 4.82. The summed E-state index contributed by atoms with van der Waals surface area (Å²) >= 11 is 0. The highest BCUT2D eigenvalue weighted by molar-refractivity contribution is 5.15. The fourth-order valence-corrected chi connectivity index (χ4v) is 0.556. The summed E-state index contributed by atoms with van der Waals surface area (Å²) < 4.78 is 4.82. The van der Waals surface area contributed by atoms with Crippen molar-refractivity contribution in [2.75, 3.05) is 7.11 Å². The third-order valence-corrected chi connectivity index (χ3v) is 1.16. The lowest BCUT2D eigenvalue weighted by molar-refractivity contribution is 0.331. The molecule has 0 rings (SSSR count). The molecule has 1 heteroatoms. The van der Waals surface area contributed by atoms with E-state index >= 15 is 0 Å². The molecule has 0 aromatic rings. The molecule has 0 saturated heterocycles. The Morgan fingerprint density at radius 1 is 1.56 bits per heavy atom. The zero-order valence-corrected chi connectivity index (χ0v) is 6.35. The molecule has 0 atom stereocenters. The number of rotatable bonds is 3. The van der Waals surface area contributed by atoms with E-state index in [2.05, 4.69) is 20.4 Å². The monoisotopic (exact) mass is 126 g/mol. The Morgan fingerprint density at radius 3 is 2.22 bits per heavy atom. The summed E-state index contributed by atoms with van der Waals surface area (Å²) in [4.78, 5) is 0. The van der Waals surface area contributed by atoms with Crippen LogP contribution in [0.2, 0.25) is 0 Å². The van der Waals surface area contributed by atoms with E-state index in [1.807, 2.05) is 6.08 Å². The van der Waals surface area contributed by atoms with E-state index < -0.39 is 0 Å². The fourth-order valence-electron chi connectivity index (χ4n) is 0.556. The van der Waals surface area contributed by atoms with E-state index in [1.54, 1.807) is 13.4 Å². The van der Waals surface area contributed by atoms with Crippen LogP contribution >= 0.6 is 0 Å².